The second-order valence-electron chi connectivity index (χ2n) is 6.37. The molecule has 0 radical (unpaired) electrons. The highest BCUT2D eigenvalue weighted by atomic mass is 16.5. The van der Waals surface area contributed by atoms with Crippen molar-refractivity contribution in [2.75, 3.05) is 26.1 Å². The molecule has 0 saturated heterocycles. The number of nitrogens with zero attached hydrogens (tertiary/aromatic N) is 1. The van der Waals surface area contributed by atoms with Gasteiger partial charge in [-0.05, 0) is 45.7 Å². The number of fused-ring (bicyclic) bond motifs is 1. The Morgan fingerprint density at radius 2 is 1.68 bits per heavy atom. The van der Waals surface area contributed by atoms with Crippen LogP contribution in [0.15, 0.2) is 12.1 Å². The normalized spacial score (nSPS) is 17.6. The van der Waals surface area contributed by atoms with Crippen molar-refractivity contribution >= 4 is 5.69 Å². The van der Waals surface area contributed by atoms with Crippen LogP contribution in [-0.2, 0) is 6.42 Å². The summed E-state index contributed by atoms with van der Waals surface area (Å²) in [6.07, 6.45) is 0.971. The van der Waals surface area contributed by atoms with Gasteiger partial charge in [0.2, 0.25) is 0 Å². The average Bonchev–Trinajstić information content (AvgIpc) is 2.50. The summed E-state index contributed by atoms with van der Waals surface area (Å²) in [5.41, 5.74) is 6.05. The topological polar surface area (TPSA) is 45.8 Å². The Labute approximate surface area is 133 Å². The number of ether oxygens (including phenoxy) is 2. The van der Waals surface area contributed by atoms with Crippen LogP contribution in [0.5, 0.6) is 11.5 Å². The second-order valence-corrected chi connectivity index (χ2v) is 6.37. The Bertz CT molecular complexity index is 495. The van der Waals surface area contributed by atoms with Crippen LogP contribution in [-0.4, -0.2) is 43.9 Å². The first-order valence-electron chi connectivity index (χ1n) is 7.99. The fourth-order valence-corrected chi connectivity index (χ4v) is 3.02. The van der Waals surface area contributed by atoms with E-state index in [1.54, 1.807) is 14.2 Å². The van der Waals surface area contributed by atoms with Gasteiger partial charge in [0, 0.05) is 36.4 Å². The fourth-order valence-electron chi connectivity index (χ4n) is 3.02. The molecule has 1 aromatic rings. The van der Waals surface area contributed by atoms with Crippen LogP contribution in [0.1, 0.15) is 33.3 Å². The first-order chi connectivity index (χ1) is 10.5. The molecule has 0 fully saturated rings. The quantitative estimate of drug-likeness (QED) is 0.791. The lowest BCUT2D eigenvalue weighted by Crippen LogP contribution is -2.55. The molecule has 0 amide bonds. The van der Waals surface area contributed by atoms with Gasteiger partial charge in [-0.15, -0.1) is 0 Å². The lowest BCUT2D eigenvalue weighted by Gasteiger charge is -2.37. The van der Waals surface area contributed by atoms with Crippen molar-refractivity contribution in [1.82, 2.24) is 10.4 Å². The van der Waals surface area contributed by atoms with Crippen molar-refractivity contribution in [3.05, 3.63) is 17.7 Å². The summed E-state index contributed by atoms with van der Waals surface area (Å²) in [6.45, 7) is 9.75. The summed E-state index contributed by atoms with van der Waals surface area (Å²) >= 11 is 0. The van der Waals surface area contributed by atoms with Crippen molar-refractivity contribution in [3.63, 3.8) is 0 Å². The molecule has 5 heteroatoms. The third-order valence-corrected chi connectivity index (χ3v) is 4.06. The number of rotatable bonds is 6. The van der Waals surface area contributed by atoms with E-state index in [1.807, 2.05) is 6.07 Å². The summed E-state index contributed by atoms with van der Waals surface area (Å²) in [5, 5.41) is 5.81. The number of hydrogen-bond donors (Lipinski definition) is 2. The number of hydrogen-bond acceptors (Lipinski definition) is 5. The van der Waals surface area contributed by atoms with Crippen LogP contribution >= 0.6 is 0 Å². The minimum Gasteiger partial charge on any atom is -0.493 e. The van der Waals surface area contributed by atoms with Crippen LogP contribution in [0, 0.1) is 0 Å². The van der Waals surface area contributed by atoms with Gasteiger partial charge < -0.3 is 14.8 Å². The molecule has 5 nitrogen and oxygen atoms in total. The molecule has 1 aromatic carbocycles. The summed E-state index contributed by atoms with van der Waals surface area (Å²) < 4.78 is 10.8. The fraction of sp³-hybridized carbons (Fsp3) is 0.647. The van der Waals surface area contributed by atoms with E-state index in [1.165, 1.54) is 5.56 Å². The van der Waals surface area contributed by atoms with Gasteiger partial charge in [-0.25, -0.2) is 10.4 Å². The molecule has 1 atom stereocenters. The van der Waals surface area contributed by atoms with Gasteiger partial charge in [-0.1, -0.05) is 0 Å². The van der Waals surface area contributed by atoms with Crippen molar-refractivity contribution in [2.24, 2.45) is 0 Å². The largest absolute Gasteiger partial charge is 0.493 e. The minimum atomic E-state index is 0.371. The first kappa shape index (κ1) is 16.9. The molecule has 124 valence electrons. The predicted molar refractivity (Wildman–Crippen MR) is 90.8 cm³/mol. The molecule has 1 aliphatic rings. The summed E-state index contributed by atoms with van der Waals surface area (Å²) in [6, 6.07) is 5.39. The van der Waals surface area contributed by atoms with Gasteiger partial charge in [-0.3, -0.25) is 0 Å². The Kier molecular flexibility index (Phi) is 5.53. The minimum absolute atomic E-state index is 0.371. The summed E-state index contributed by atoms with van der Waals surface area (Å²) in [4.78, 5) is 0. The molecule has 2 N–H and O–H groups in total. The van der Waals surface area contributed by atoms with Gasteiger partial charge >= 0.3 is 0 Å². The first-order valence-corrected chi connectivity index (χ1v) is 7.99. The maximum atomic E-state index is 5.41. The molecule has 0 spiro atoms. The molecule has 1 aliphatic heterocycles. The highest BCUT2D eigenvalue weighted by Gasteiger charge is 2.24. The van der Waals surface area contributed by atoms with E-state index < -0.39 is 0 Å². The molecule has 0 bridgehead atoms. The molecule has 2 rings (SSSR count). The van der Waals surface area contributed by atoms with Crippen molar-refractivity contribution in [1.29, 1.82) is 0 Å². The monoisotopic (exact) mass is 307 g/mol. The zero-order chi connectivity index (χ0) is 16.3. The molecular weight excluding hydrogens is 278 g/mol. The van der Waals surface area contributed by atoms with E-state index in [0.29, 0.717) is 18.1 Å². The number of benzene rings is 1. The summed E-state index contributed by atoms with van der Waals surface area (Å²) in [7, 11) is 3.34. The third kappa shape index (κ3) is 3.65. The van der Waals surface area contributed by atoms with Crippen molar-refractivity contribution in [3.8, 4) is 11.5 Å². The predicted octanol–water partition coefficient (Wildman–Crippen LogP) is 2.66. The smallest absolute Gasteiger partial charge is 0.162 e. The van der Waals surface area contributed by atoms with E-state index in [-0.39, 0.29) is 0 Å². The average molecular weight is 307 g/mol. The standard InChI is InChI=1S/C17H29N3O2/c1-11(2)20(12(3)4)19-14-7-13-8-16(21-5)17(22-6)9-15(13)18-10-14/h8-9,11-12,14,18-19H,7,10H2,1-6H3. The highest BCUT2D eigenvalue weighted by Crippen LogP contribution is 2.35. The van der Waals surface area contributed by atoms with E-state index in [4.69, 9.17) is 9.47 Å². The number of hydrazine groups is 1. The maximum Gasteiger partial charge on any atom is 0.162 e. The number of anilines is 1. The maximum absolute atomic E-state index is 5.41. The zero-order valence-corrected chi connectivity index (χ0v) is 14.6. The van der Waals surface area contributed by atoms with E-state index in [2.05, 4.69) is 49.5 Å². The number of methoxy groups -OCH3 is 2. The van der Waals surface area contributed by atoms with E-state index in [9.17, 15) is 0 Å². The molecule has 0 aliphatic carbocycles. The van der Waals surface area contributed by atoms with Crippen LogP contribution in [0.4, 0.5) is 5.69 Å². The van der Waals surface area contributed by atoms with Gasteiger partial charge in [0.1, 0.15) is 0 Å². The van der Waals surface area contributed by atoms with Gasteiger partial charge in [0.15, 0.2) is 11.5 Å². The Hall–Kier alpha value is -1.46. The summed E-state index contributed by atoms with van der Waals surface area (Å²) in [5.74, 6) is 1.56. The van der Waals surface area contributed by atoms with Gasteiger partial charge in [-0.2, -0.15) is 0 Å². The van der Waals surface area contributed by atoms with Gasteiger partial charge in [0.05, 0.1) is 14.2 Å². The Balaban J connectivity index is 2.14. The third-order valence-electron chi connectivity index (χ3n) is 4.06. The molecule has 1 unspecified atom stereocenters. The van der Waals surface area contributed by atoms with Crippen molar-refractivity contribution < 1.29 is 9.47 Å². The van der Waals surface area contributed by atoms with Crippen molar-refractivity contribution in [2.45, 2.75) is 52.2 Å². The lowest BCUT2D eigenvalue weighted by molar-refractivity contribution is 0.0821. The molecule has 1 heterocycles. The zero-order valence-electron chi connectivity index (χ0n) is 14.6. The molecule has 0 aromatic heterocycles. The molecular formula is C17H29N3O2. The van der Waals surface area contributed by atoms with E-state index in [0.717, 1.165) is 30.2 Å². The Morgan fingerprint density at radius 3 is 2.23 bits per heavy atom. The van der Waals surface area contributed by atoms with Gasteiger partial charge in [0.25, 0.3) is 0 Å². The second kappa shape index (κ2) is 7.20. The molecule has 0 saturated carbocycles. The van der Waals surface area contributed by atoms with Crippen LogP contribution in [0.25, 0.3) is 0 Å². The highest BCUT2D eigenvalue weighted by molar-refractivity contribution is 5.62. The lowest BCUT2D eigenvalue weighted by atomic mass is 9.99. The van der Waals surface area contributed by atoms with Crippen LogP contribution < -0.4 is 20.2 Å². The van der Waals surface area contributed by atoms with E-state index >= 15 is 0 Å². The van der Waals surface area contributed by atoms with Crippen LogP contribution in [0.3, 0.4) is 0 Å². The SMILES string of the molecule is COc1cc2c(cc1OC)NCC(NN(C(C)C)C(C)C)C2. The Morgan fingerprint density at radius 1 is 1.09 bits per heavy atom. The van der Waals surface area contributed by atoms with Crippen LogP contribution in [0.2, 0.25) is 0 Å². The molecule has 22 heavy (non-hydrogen) atoms. The number of nitrogens with one attached hydrogen (secondary N) is 2.